The zero-order valence-electron chi connectivity index (χ0n) is 15.3. The molecule has 5 heterocycles. The lowest BCUT2D eigenvalue weighted by molar-refractivity contribution is 0.0631. The largest absolute Gasteiger partial charge is 0.331 e. The minimum atomic E-state index is -0.570. The van der Waals surface area contributed by atoms with Gasteiger partial charge in [0.1, 0.15) is 5.82 Å². The first-order valence-corrected chi connectivity index (χ1v) is 9.39. The van der Waals surface area contributed by atoms with E-state index < -0.39 is 5.95 Å². The number of amides is 1. The Morgan fingerprint density at radius 3 is 2.97 bits per heavy atom. The van der Waals surface area contributed by atoms with E-state index in [0.717, 1.165) is 0 Å². The van der Waals surface area contributed by atoms with Gasteiger partial charge in [0.25, 0.3) is 5.91 Å². The van der Waals surface area contributed by atoms with Crippen LogP contribution in [0.25, 0.3) is 16.9 Å². The van der Waals surface area contributed by atoms with Gasteiger partial charge in [-0.25, -0.2) is 19.5 Å². The highest BCUT2D eigenvalue weighted by Crippen LogP contribution is 2.30. The quantitative estimate of drug-likeness (QED) is 0.474. The number of hydrogen-bond donors (Lipinski definition) is 0. The predicted molar refractivity (Wildman–Crippen MR) is 103 cm³/mol. The van der Waals surface area contributed by atoms with Gasteiger partial charge >= 0.3 is 0 Å². The summed E-state index contributed by atoms with van der Waals surface area (Å²) in [5.74, 6) is -0.102. The third-order valence-electron chi connectivity index (χ3n) is 5.03. The van der Waals surface area contributed by atoms with Crippen LogP contribution in [0.5, 0.6) is 0 Å². The van der Waals surface area contributed by atoms with Crippen molar-refractivity contribution in [3.05, 3.63) is 65.5 Å². The maximum absolute atomic E-state index is 14.0. The van der Waals surface area contributed by atoms with Crippen molar-refractivity contribution in [3.8, 4) is 11.3 Å². The molecule has 0 spiro atoms. The molecule has 0 saturated heterocycles. The first-order chi connectivity index (χ1) is 14.0. The second-order valence-corrected chi connectivity index (χ2v) is 7.23. The first kappa shape index (κ1) is 17.7. The molecule has 8 nitrogen and oxygen atoms in total. The maximum atomic E-state index is 14.0. The minimum absolute atomic E-state index is 0.220. The van der Waals surface area contributed by atoms with Crippen molar-refractivity contribution in [3.63, 3.8) is 0 Å². The highest BCUT2D eigenvalue weighted by atomic mass is 35.5. The maximum Gasteiger partial charge on any atom is 0.275 e. The van der Waals surface area contributed by atoms with Gasteiger partial charge in [-0.2, -0.15) is 9.49 Å². The number of aromatic nitrogens is 6. The van der Waals surface area contributed by atoms with E-state index in [1.54, 1.807) is 35.5 Å². The van der Waals surface area contributed by atoms with Gasteiger partial charge < -0.3 is 9.47 Å². The average Bonchev–Trinajstić information content (AvgIpc) is 3.32. The Morgan fingerprint density at radius 2 is 2.14 bits per heavy atom. The molecule has 4 aromatic rings. The van der Waals surface area contributed by atoms with E-state index in [0.29, 0.717) is 40.8 Å². The SMILES string of the molecule is CC1c2nc(-c3cccnc3F)cn2CCN1C(=O)c1cc2ncc(Cl)cn2n1. The zero-order valence-corrected chi connectivity index (χ0v) is 16.1. The van der Waals surface area contributed by atoms with Crippen molar-refractivity contribution in [2.75, 3.05) is 6.54 Å². The molecule has 10 heteroatoms. The molecule has 0 radical (unpaired) electrons. The van der Waals surface area contributed by atoms with Crippen LogP contribution in [-0.2, 0) is 6.54 Å². The van der Waals surface area contributed by atoms with Crippen LogP contribution in [0.3, 0.4) is 0 Å². The second-order valence-electron chi connectivity index (χ2n) is 6.80. The molecular weight excluding hydrogens is 397 g/mol. The standard InChI is InChI=1S/C19H15ClFN7O/c1-11-18-24-15(13-3-2-4-22-17(13)21)10-26(18)5-6-27(11)19(29)14-7-16-23-8-12(20)9-28(16)25-14/h2-4,7-11H,5-6H2,1H3. The Labute approximate surface area is 169 Å². The van der Waals surface area contributed by atoms with E-state index >= 15 is 0 Å². The number of pyridine rings is 1. The topological polar surface area (TPSA) is 81.2 Å². The summed E-state index contributed by atoms with van der Waals surface area (Å²) in [6.07, 6.45) is 6.30. The lowest BCUT2D eigenvalue weighted by Crippen LogP contribution is -2.41. The van der Waals surface area contributed by atoms with Crippen LogP contribution < -0.4 is 0 Å². The summed E-state index contributed by atoms with van der Waals surface area (Å²) in [4.78, 5) is 27.2. The Hall–Kier alpha value is -3.33. The molecule has 5 rings (SSSR count). The number of hydrogen-bond acceptors (Lipinski definition) is 5. The predicted octanol–water partition coefficient (Wildman–Crippen LogP) is 3.00. The number of rotatable bonds is 2. The second kappa shape index (κ2) is 6.63. The zero-order chi connectivity index (χ0) is 20.1. The first-order valence-electron chi connectivity index (χ1n) is 9.01. The van der Waals surface area contributed by atoms with Crippen LogP contribution in [0.1, 0.15) is 29.3 Å². The average molecular weight is 412 g/mol. The molecule has 1 amide bonds. The van der Waals surface area contributed by atoms with E-state index in [4.69, 9.17) is 11.6 Å². The highest BCUT2D eigenvalue weighted by Gasteiger charge is 2.32. The molecule has 0 aromatic carbocycles. The normalized spacial score (nSPS) is 16.2. The Balaban J connectivity index is 1.46. The number of carbonyl (C=O) groups is 1. The molecule has 29 heavy (non-hydrogen) atoms. The molecule has 1 unspecified atom stereocenters. The van der Waals surface area contributed by atoms with E-state index in [9.17, 15) is 9.18 Å². The highest BCUT2D eigenvalue weighted by molar-refractivity contribution is 6.30. The third kappa shape index (κ3) is 2.94. The van der Waals surface area contributed by atoms with Crippen molar-refractivity contribution >= 4 is 23.2 Å². The molecule has 0 N–H and O–H groups in total. The van der Waals surface area contributed by atoms with Crippen molar-refractivity contribution in [2.24, 2.45) is 0 Å². The Bertz CT molecular complexity index is 1250. The van der Waals surface area contributed by atoms with Crippen molar-refractivity contribution in [2.45, 2.75) is 19.5 Å². The van der Waals surface area contributed by atoms with Crippen LogP contribution in [0.15, 0.2) is 43.0 Å². The molecule has 0 bridgehead atoms. The fourth-order valence-corrected chi connectivity index (χ4v) is 3.72. The van der Waals surface area contributed by atoms with Gasteiger partial charge in [-0.05, 0) is 19.1 Å². The van der Waals surface area contributed by atoms with Gasteiger partial charge in [0.15, 0.2) is 11.3 Å². The molecular formula is C19H15ClFN7O. The minimum Gasteiger partial charge on any atom is -0.331 e. The van der Waals surface area contributed by atoms with Crippen LogP contribution in [-0.4, -0.2) is 46.5 Å². The molecule has 0 fully saturated rings. The van der Waals surface area contributed by atoms with Gasteiger partial charge in [0.2, 0.25) is 5.95 Å². The summed E-state index contributed by atoms with van der Waals surface area (Å²) in [6, 6.07) is 4.63. The Kier molecular flexibility index (Phi) is 4.06. The van der Waals surface area contributed by atoms with Crippen LogP contribution in [0.4, 0.5) is 4.39 Å². The third-order valence-corrected chi connectivity index (χ3v) is 5.22. The lowest BCUT2D eigenvalue weighted by Gasteiger charge is -2.33. The van der Waals surface area contributed by atoms with Gasteiger partial charge in [-0.1, -0.05) is 11.6 Å². The van der Waals surface area contributed by atoms with Gasteiger partial charge in [0.05, 0.1) is 28.5 Å². The molecule has 146 valence electrons. The van der Waals surface area contributed by atoms with Crippen LogP contribution >= 0.6 is 11.6 Å². The number of imidazole rings is 1. The fourth-order valence-electron chi connectivity index (χ4n) is 3.58. The fraction of sp³-hybridized carbons (Fsp3) is 0.211. The molecule has 4 aromatic heterocycles. The number of fused-ring (bicyclic) bond motifs is 2. The molecule has 1 aliphatic rings. The molecule has 1 aliphatic heterocycles. The van der Waals surface area contributed by atoms with E-state index in [1.807, 2.05) is 11.5 Å². The van der Waals surface area contributed by atoms with E-state index in [2.05, 4.69) is 20.1 Å². The summed E-state index contributed by atoms with van der Waals surface area (Å²) in [7, 11) is 0. The van der Waals surface area contributed by atoms with Crippen LogP contribution in [0.2, 0.25) is 5.02 Å². The van der Waals surface area contributed by atoms with Gasteiger partial charge in [-0.3, -0.25) is 4.79 Å². The summed E-state index contributed by atoms with van der Waals surface area (Å²) < 4.78 is 17.5. The van der Waals surface area contributed by atoms with Crippen LogP contribution in [0, 0.1) is 5.95 Å². The number of carbonyl (C=O) groups excluding carboxylic acids is 1. The van der Waals surface area contributed by atoms with Gasteiger partial charge in [-0.15, -0.1) is 0 Å². The number of nitrogens with zero attached hydrogens (tertiary/aromatic N) is 7. The lowest BCUT2D eigenvalue weighted by atomic mass is 10.2. The molecule has 0 saturated carbocycles. The summed E-state index contributed by atoms with van der Waals surface area (Å²) in [6.45, 7) is 2.93. The summed E-state index contributed by atoms with van der Waals surface area (Å²) in [5, 5.41) is 4.73. The molecule has 0 aliphatic carbocycles. The monoisotopic (exact) mass is 411 g/mol. The van der Waals surface area contributed by atoms with E-state index in [-0.39, 0.29) is 17.6 Å². The van der Waals surface area contributed by atoms with Crippen molar-refractivity contribution in [1.82, 2.24) is 34.0 Å². The molecule has 1 atom stereocenters. The Morgan fingerprint density at radius 1 is 1.28 bits per heavy atom. The summed E-state index contributed by atoms with van der Waals surface area (Å²) in [5.41, 5.74) is 1.66. The number of halogens is 2. The summed E-state index contributed by atoms with van der Waals surface area (Å²) >= 11 is 5.94. The van der Waals surface area contributed by atoms with Crippen molar-refractivity contribution < 1.29 is 9.18 Å². The van der Waals surface area contributed by atoms with Crippen molar-refractivity contribution in [1.29, 1.82) is 0 Å². The van der Waals surface area contributed by atoms with E-state index in [1.165, 1.54) is 16.9 Å². The smallest absolute Gasteiger partial charge is 0.275 e. The van der Waals surface area contributed by atoms with Gasteiger partial charge in [0, 0.05) is 37.7 Å².